The molecule has 0 unspecified atom stereocenters. The summed E-state index contributed by atoms with van der Waals surface area (Å²) in [4.78, 5) is 58.6. The van der Waals surface area contributed by atoms with Gasteiger partial charge in [-0.25, -0.2) is 14.6 Å². The van der Waals surface area contributed by atoms with Crippen molar-refractivity contribution in [3.63, 3.8) is 0 Å². The first kappa shape index (κ1) is 40.8. The topological polar surface area (TPSA) is 205 Å². The van der Waals surface area contributed by atoms with E-state index in [0.717, 1.165) is 41.0 Å². The highest BCUT2D eigenvalue weighted by molar-refractivity contribution is 6.32. The predicted molar refractivity (Wildman–Crippen MR) is 180 cm³/mol. The van der Waals surface area contributed by atoms with Crippen molar-refractivity contribution in [1.29, 1.82) is 0 Å². The van der Waals surface area contributed by atoms with Crippen molar-refractivity contribution in [2.24, 2.45) is 13.0 Å². The molecule has 1 fully saturated rings. The van der Waals surface area contributed by atoms with Gasteiger partial charge in [-0.05, 0) is 60.6 Å². The first-order valence-corrected chi connectivity index (χ1v) is 16.0. The Hall–Kier alpha value is -5.99. The van der Waals surface area contributed by atoms with E-state index in [0.29, 0.717) is 48.3 Å². The third kappa shape index (κ3) is 11.8. The summed E-state index contributed by atoms with van der Waals surface area (Å²) in [7, 11) is 1.78. The van der Waals surface area contributed by atoms with Crippen molar-refractivity contribution >= 4 is 64.2 Å². The second kappa shape index (κ2) is 17.2. The minimum Gasteiger partial charge on any atom is -0.475 e. The summed E-state index contributed by atoms with van der Waals surface area (Å²) in [5, 5.41) is 28.3. The van der Waals surface area contributed by atoms with Gasteiger partial charge in [0.1, 0.15) is 5.02 Å². The van der Waals surface area contributed by atoms with E-state index in [2.05, 4.69) is 36.0 Å². The number of aliphatic carboxylic acids is 2. The number of carboxylic acid groups (broad SMARTS) is 2. The zero-order valence-corrected chi connectivity index (χ0v) is 28.6. The molecule has 1 aromatic carbocycles. The number of carbonyl (C=O) groups is 4. The van der Waals surface area contributed by atoms with Gasteiger partial charge < -0.3 is 31.1 Å². The van der Waals surface area contributed by atoms with Gasteiger partial charge in [-0.1, -0.05) is 11.6 Å². The SMILES string of the molecule is Cn1cc(C(=O)N2CC[C@@H](CC(=O)Nc3ccc4cc3CCc3cncc(c3)Nc3ncc(Cl)c(n3)N4)C2)cn1.O=C(O)C(F)(F)F.O=C(O)C(F)(F)F. The Labute approximate surface area is 306 Å². The Morgan fingerprint density at radius 1 is 0.944 bits per heavy atom. The number of fused-ring (bicyclic) bond motifs is 6. The van der Waals surface area contributed by atoms with Gasteiger partial charge in [-0.3, -0.25) is 19.3 Å². The van der Waals surface area contributed by atoms with Crippen LogP contribution in [0.15, 0.2) is 55.2 Å². The van der Waals surface area contributed by atoms with Gasteiger partial charge in [0, 0.05) is 50.3 Å². The average molecular weight is 786 g/mol. The van der Waals surface area contributed by atoms with E-state index in [1.807, 2.05) is 30.5 Å². The smallest absolute Gasteiger partial charge is 0.475 e. The van der Waals surface area contributed by atoms with Gasteiger partial charge >= 0.3 is 24.3 Å². The fourth-order valence-electron chi connectivity index (χ4n) is 5.11. The summed E-state index contributed by atoms with van der Waals surface area (Å²) in [5.41, 5.74) is 4.90. The number of pyridine rings is 1. The molecule has 0 spiro atoms. The second-order valence-electron chi connectivity index (χ2n) is 11.8. The summed E-state index contributed by atoms with van der Waals surface area (Å²) in [6, 6.07) is 7.79. The van der Waals surface area contributed by atoms with Gasteiger partial charge in [0.05, 0.1) is 29.8 Å². The zero-order chi connectivity index (χ0) is 39.8. The maximum atomic E-state index is 13.1. The molecule has 15 nitrogen and oxygen atoms in total. The molecule has 2 aliphatic heterocycles. The van der Waals surface area contributed by atoms with Gasteiger partial charge in [0.25, 0.3) is 5.91 Å². The van der Waals surface area contributed by atoms with Gasteiger partial charge in [0.15, 0.2) is 5.82 Å². The lowest BCUT2D eigenvalue weighted by Crippen LogP contribution is -2.29. The summed E-state index contributed by atoms with van der Waals surface area (Å²) in [6.07, 6.45) is 0.751. The molecule has 3 aromatic heterocycles. The number of carboxylic acids is 2. The van der Waals surface area contributed by atoms with Crippen molar-refractivity contribution in [1.82, 2.24) is 29.6 Å². The van der Waals surface area contributed by atoms with Gasteiger partial charge in [-0.15, -0.1) is 0 Å². The van der Waals surface area contributed by atoms with Crippen LogP contribution in [0.4, 0.5) is 55.2 Å². The Balaban J connectivity index is 0.000000396. The zero-order valence-electron chi connectivity index (χ0n) is 27.9. The Morgan fingerprint density at radius 3 is 2.26 bits per heavy atom. The molecule has 5 N–H and O–H groups in total. The molecule has 5 heterocycles. The number of hydrogen-bond acceptors (Lipinski definition) is 10. The van der Waals surface area contributed by atoms with Crippen LogP contribution in [0.3, 0.4) is 0 Å². The van der Waals surface area contributed by atoms with E-state index in [1.54, 1.807) is 41.4 Å². The van der Waals surface area contributed by atoms with Crippen molar-refractivity contribution in [3.8, 4) is 0 Å². The molecule has 288 valence electrons. The fraction of sp³-hybridized carbons (Fsp3) is 0.312. The van der Waals surface area contributed by atoms with Crippen LogP contribution >= 0.6 is 11.6 Å². The molecule has 0 aliphatic carbocycles. The van der Waals surface area contributed by atoms with Crippen LogP contribution in [-0.4, -0.2) is 89.0 Å². The predicted octanol–water partition coefficient (Wildman–Crippen LogP) is 5.60. The van der Waals surface area contributed by atoms with Gasteiger partial charge in [0.2, 0.25) is 11.9 Å². The molecule has 2 amide bonds. The average Bonchev–Trinajstić information content (AvgIpc) is 3.74. The van der Waals surface area contributed by atoms with E-state index in [-0.39, 0.29) is 17.7 Å². The molecule has 0 saturated carbocycles. The third-order valence-electron chi connectivity index (χ3n) is 7.60. The molecule has 54 heavy (non-hydrogen) atoms. The quantitative estimate of drug-likeness (QED) is 0.161. The first-order valence-electron chi connectivity index (χ1n) is 15.6. The Morgan fingerprint density at radius 2 is 1.63 bits per heavy atom. The molecule has 6 bridgehead atoms. The number of rotatable bonds is 4. The Kier molecular flexibility index (Phi) is 13.0. The number of carbonyl (C=O) groups excluding carboxylic acids is 2. The molecule has 2 aliphatic rings. The highest BCUT2D eigenvalue weighted by atomic mass is 35.5. The molecule has 22 heteroatoms. The van der Waals surface area contributed by atoms with Crippen LogP contribution in [-0.2, 0) is 34.3 Å². The third-order valence-corrected chi connectivity index (χ3v) is 7.88. The monoisotopic (exact) mass is 785 g/mol. The number of anilines is 5. The number of nitrogens with one attached hydrogen (secondary N) is 3. The lowest BCUT2D eigenvalue weighted by Gasteiger charge is -2.17. The van der Waals surface area contributed by atoms with E-state index in [9.17, 15) is 35.9 Å². The van der Waals surface area contributed by atoms with Crippen molar-refractivity contribution in [3.05, 3.63) is 77.0 Å². The number of benzene rings is 1. The lowest BCUT2D eigenvalue weighted by molar-refractivity contribution is -0.193. The lowest BCUT2D eigenvalue weighted by atomic mass is 10.0. The minimum atomic E-state index is -5.08. The minimum absolute atomic E-state index is 0.0463. The normalized spacial score (nSPS) is 14.9. The van der Waals surface area contributed by atoms with Crippen LogP contribution in [0.2, 0.25) is 5.02 Å². The number of aromatic nitrogens is 5. The first-order chi connectivity index (χ1) is 25.3. The number of alkyl halides is 6. The number of aryl methyl sites for hydroxylation is 3. The Bertz CT molecular complexity index is 1990. The number of hydrogen-bond donors (Lipinski definition) is 5. The molecule has 1 saturated heterocycles. The van der Waals surface area contributed by atoms with Crippen molar-refractivity contribution in [2.75, 3.05) is 29.0 Å². The second-order valence-corrected chi connectivity index (χ2v) is 12.2. The van der Waals surface area contributed by atoms with Crippen LogP contribution in [0.5, 0.6) is 0 Å². The molecule has 1 atom stereocenters. The number of halogens is 7. The largest absolute Gasteiger partial charge is 0.490 e. The molecule has 4 aromatic rings. The van der Waals surface area contributed by atoms with Gasteiger partial charge in [-0.2, -0.15) is 36.4 Å². The summed E-state index contributed by atoms with van der Waals surface area (Å²) in [5.74, 6) is -4.66. The number of likely N-dealkylation sites (tertiary alicyclic amines) is 1. The van der Waals surface area contributed by atoms with Crippen LogP contribution in [0.25, 0.3) is 0 Å². The highest BCUT2D eigenvalue weighted by Crippen LogP contribution is 2.30. The maximum Gasteiger partial charge on any atom is 0.490 e. The van der Waals surface area contributed by atoms with Crippen LogP contribution in [0, 0.1) is 5.92 Å². The van der Waals surface area contributed by atoms with E-state index >= 15 is 0 Å². The number of amides is 2. The van der Waals surface area contributed by atoms with Crippen LogP contribution < -0.4 is 16.0 Å². The van der Waals surface area contributed by atoms with E-state index < -0.39 is 24.3 Å². The number of nitrogens with zero attached hydrogens (tertiary/aromatic N) is 6. The summed E-state index contributed by atoms with van der Waals surface area (Å²) >= 11 is 6.37. The van der Waals surface area contributed by atoms with E-state index in [1.165, 1.54) is 0 Å². The fourth-order valence-corrected chi connectivity index (χ4v) is 5.25. The molecular weight excluding hydrogens is 756 g/mol. The van der Waals surface area contributed by atoms with Crippen molar-refractivity contribution in [2.45, 2.75) is 38.0 Å². The summed E-state index contributed by atoms with van der Waals surface area (Å²) < 4.78 is 65.1. The van der Waals surface area contributed by atoms with Crippen LogP contribution in [0.1, 0.15) is 34.3 Å². The summed E-state index contributed by atoms with van der Waals surface area (Å²) in [6.45, 7) is 1.18. The van der Waals surface area contributed by atoms with E-state index in [4.69, 9.17) is 31.4 Å². The molecular formula is C32H30ClF6N9O6. The highest BCUT2D eigenvalue weighted by Gasteiger charge is 2.39. The maximum absolute atomic E-state index is 13.1. The molecule has 0 radical (unpaired) electrons. The molecule has 6 rings (SSSR count). The standard InChI is InChI=1S/C28H28ClN9O2.2C2HF3O2/c1-37-16-20(12-32-37)27(40)38-7-6-18(15-38)9-25(39)35-24-5-4-21-10-19(24)3-2-17-8-22(13-30-11-17)34-28-31-14-23(29)26(33-21)36-28;2*3-2(4,5)1(6)7/h4-5,8,10-14,16,18H,2-3,6-7,9,15H2,1H3,(H,35,39)(H2,31,33,34,36);2*(H,6,7)/t18-;;/m0../s1. The van der Waals surface area contributed by atoms with Crippen molar-refractivity contribution < 1.29 is 55.7 Å².